The summed E-state index contributed by atoms with van der Waals surface area (Å²) in [6.45, 7) is 8.78. The fraction of sp³-hybridized carbons (Fsp3) is 0.722. The van der Waals surface area contributed by atoms with Gasteiger partial charge in [-0.15, -0.1) is 0 Å². The zero-order chi connectivity index (χ0) is 17.3. The highest BCUT2D eigenvalue weighted by atomic mass is 35.5. The van der Waals surface area contributed by atoms with Crippen molar-refractivity contribution in [3.05, 3.63) is 23.1 Å². The van der Waals surface area contributed by atoms with Gasteiger partial charge in [0.1, 0.15) is 5.76 Å². The summed E-state index contributed by atoms with van der Waals surface area (Å²) in [5, 5.41) is 0.426. The fourth-order valence-corrected chi connectivity index (χ4v) is 4.48. The quantitative estimate of drug-likeness (QED) is 0.792. The number of amides is 1. The van der Waals surface area contributed by atoms with Crippen LogP contribution in [0.15, 0.2) is 16.5 Å². The first-order chi connectivity index (χ1) is 12.1. The van der Waals surface area contributed by atoms with Gasteiger partial charge in [0.25, 0.3) is 0 Å². The molecule has 0 radical (unpaired) electrons. The van der Waals surface area contributed by atoms with Crippen molar-refractivity contribution < 1.29 is 13.9 Å². The molecular weight excluding hydrogens is 342 g/mol. The zero-order valence-electron chi connectivity index (χ0n) is 14.6. The third-order valence-electron chi connectivity index (χ3n) is 5.83. The summed E-state index contributed by atoms with van der Waals surface area (Å²) in [4.78, 5) is 19.8. The SMILES string of the molecule is O=C1N(CCN2CCOCC2)CCC12CCN(Cc1ccc(Cl)o1)C2. The van der Waals surface area contributed by atoms with Crippen LogP contribution in [0, 0.1) is 5.41 Å². The maximum Gasteiger partial charge on any atom is 0.230 e. The first-order valence-corrected chi connectivity index (χ1v) is 9.58. The van der Waals surface area contributed by atoms with Crippen molar-refractivity contribution in [1.82, 2.24) is 14.7 Å². The number of rotatable bonds is 5. The molecule has 3 aliphatic heterocycles. The second kappa shape index (κ2) is 7.27. The molecule has 0 N–H and O–H groups in total. The average Bonchev–Trinajstić information content (AvgIpc) is 3.30. The first-order valence-electron chi connectivity index (χ1n) is 9.21. The Kier molecular flexibility index (Phi) is 5.04. The molecule has 0 bridgehead atoms. The second-order valence-electron chi connectivity index (χ2n) is 7.44. The van der Waals surface area contributed by atoms with Gasteiger partial charge in [0.15, 0.2) is 5.22 Å². The summed E-state index contributed by atoms with van der Waals surface area (Å²) >= 11 is 5.85. The molecule has 25 heavy (non-hydrogen) atoms. The van der Waals surface area contributed by atoms with Crippen molar-refractivity contribution >= 4 is 17.5 Å². The Labute approximate surface area is 153 Å². The van der Waals surface area contributed by atoms with Crippen molar-refractivity contribution in [1.29, 1.82) is 0 Å². The Morgan fingerprint density at radius 3 is 2.60 bits per heavy atom. The molecule has 138 valence electrons. The number of morpholine rings is 1. The van der Waals surface area contributed by atoms with Crippen molar-refractivity contribution in [3.63, 3.8) is 0 Å². The minimum absolute atomic E-state index is 0.179. The third kappa shape index (κ3) is 3.72. The molecular formula is C18H26ClN3O3. The zero-order valence-corrected chi connectivity index (χ0v) is 15.3. The largest absolute Gasteiger partial charge is 0.448 e. The molecule has 0 saturated carbocycles. The highest BCUT2D eigenvalue weighted by Gasteiger charge is 2.50. The van der Waals surface area contributed by atoms with Crippen LogP contribution in [0.3, 0.4) is 0 Å². The van der Waals surface area contributed by atoms with E-state index < -0.39 is 0 Å². The molecule has 0 aromatic carbocycles. The first kappa shape index (κ1) is 17.3. The predicted molar refractivity (Wildman–Crippen MR) is 94.5 cm³/mol. The van der Waals surface area contributed by atoms with Gasteiger partial charge in [-0.3, -0.25) is 14.6 Å². The van der Waals surface area contributed by atoms with Crippen LogP contribution in [-0.2, 0) is 16.1 Å². The molecule has 0 aliphatic carbocycles. The van der Waals surface area contributed by atoms with Crippen LogP contribution in [0.1, 0.15) is 18.6 Å². The maximum atomic E-state index is 13.0. The van der Waals surface area contributed by atoms with Gasteiger partial charge >= 0.3 is 0 Å². The van der Waals surface area contributed by atoms with Gasteiger partial charge < -0.3 is 14.1 Å². The summed E-state index contributed by atoms with van der Waals surface area (Å²) in [5.41, 5.74) is -0.179. The van der Waals surface area contributed by atoms with E-state index in [9.17, 15) is 4.79 Å². The molecule has 6 nitrogen and oxygen atoms in total. The molecule has 3 saturated heterocycles. The standard InChI is InChI=1S/C18H26ClN3O3/c19-16-2-1-15(25-16)13-21-5-3-18(14-21)4-6-22(17(18)23)8-7-20-9-11-24-12-10-20/h1-2H,3-14H2. The highest BCUT2D eigenvalue weighted by Crippen LogP contribution is 2.41. The number of halogens is 1. The lowest BCUT2D eigenvalue weighted by atomic mass is 9.85. The smallest absolute Gasteiger partial charge is 0.230 e. The number of nitrogens with zero attached hydrogens (tertiary/aromatic N) is 3. The van der Waals surface area contributed by atoms with E-state index >= 15 is 0 Å². The molecule has 7 heteroatoms. The second-order valence-corrected chi connectivity index (χ2v) is 7.82. The Hall–Kier alpha value is -1.08. The number of hydrogen-bond acceptors (Lipinski definition) is 5. The van der Waals surface area contributed by atoms with E-state index in [1.54, 1.807) is 6.07 Å². The molecule has 1 atom stereocenters. The van der Waals surface area contributed by atoms with Crippen LogP contribution >= 0.6 is 11.6 Å². The molecule has 3 aliphatic rings. The monoisotopic (exact) mass is 367 g/mol. The van der Waals surface area contributed by atoms with E-state index in [1.807, 2.05) is 6.07 Å². The number of likely N-dealkylation sites (tertiary alicyclic amines) is 2. The van der Waals surface area contributed by atoms with Gasteiger partial charge in [0.2, 0.25) is 5.91 Å². The summed E-state index contributed by atoms with van der Waals surface area (Å²) in [6, 6.07) is 3.69. The van der Waals surface area contributed by atoms with Crippen molar-refractivity contribution in [3.8, 4) is 0 Å². The van der Waals surface area contributed by atoms with Gasteiger partial charge in [0, 0.05) is 39.3 Å². The van der Waals surface area contributed by atoms with Gasteiger partial charge in [-0.25, -0.2) is 0 Å². The highest BCUT2D eigenvalue weighted by molar-refractivity contribution is 6.28. The molecule has 1 unspecified atom stereocenters. The molecule has 3 fully saturated rings. The molecule has 1 amide bonds. The summed E-state index contributed by atoms with van der Waals surface area (Å²) in [6.07, 6.45) is 1.93. The van der Waals surface area contributed by atoms with E-state index in [1.165, 1.54) is 0 Å². The normalized spacial score (nSPS) is 28.5. The molecule has 4 heterocycles. The number of carbonyl (C=O) groups excluding carboxylic acids is 1. The number of carbonyl (C=O) groups is 1. The van der Waals surface area contributed by atoms with Crippen LogP contribution in [0.4, 0.5) is 0 Å². The van der Waals surface area contributed by atoms with Crippen molar-refractivity contribution in [2.45, 2.75) is 19.4 Å². The van der Waals surface area contributed by atoms with E-state index in [4.69, 9.17) is 20.8 Å². The molecule has 1 aromatic heterocycles. The maximum absolute atomic E-state index is 13.0. The lowest BCUT2D eigenvalue weighted by Gasteiger charge is -2.29. The molecule has 1 spiro atoms. The van der Waals surface area contributed by atoms with E-state index in [-0.39, 0.29) is 5.41 Å². The van der Waals surface area contributed by atoms with E-state index in [0.717, 1.165) is 84.2 Å². The Bertz CT molecular complexity index is 616. The predicted octanol–water partition coefficient (Wildman–Crippen LogP) is 1.69. The van der Waals surface area contributed by atoms with E-state index in [2.05, 4.69) is 14.7 Å². The van der Waals surface area contributed by atoms with Gasteiger partial charge in [0.05, 0.1) is 25.2 Å². The topological polar surface area (TPSA) is 49.2 Å². The number of furan rings is 1. The molecule has 4 rings (SSSR count). The van der Waals surface area contributed by atoms with Crippen LogP contribution in [0.2, 0.25) is 5.22 Å². The third-order valence-corrected chi connectivity index (χ3v) is 6.04. The van der Waals surface area contributed by atoms with Crippen molar-refractivity contribution in [2.24, 2.45) is 5.41 Å². The average molecular weight is 368 g/mol. The van der Waals surface area contributed by atoms with Gasteiger partial charge in [-0.05, 0) is 43.1 Å². The van der Waals surface area contributed by atoms with Crippen LogP contribution in [-0.4, -0.2) is 79.6 Å². The van der Waals surface area contributed by atoms with Crippen LogP contribution in [0.5, 0.6) is 0 Å². The lowest BCUT2D eigenvalue weighted by molar-refractivity contribution is -0.135. The summed E-state index contributed by atoms with van der Waals surface area (Å²) in [5.74, 6) is 1.22. The van der Waals surface area contributed by atoms with Crippen LogP contribution in [0.25, 0.3) is 0 Å². The Balaban J connectivity index is 1.30. The minimum atomic E-state index is -0.179. The summed E-state index contributed by atoms with van der Waals surface area (Å²) in [7, 11) is 0. The minimum Gasteiger partial charge on any atom is -0.448 e. The fourth-order valence-electron chi connectivity index (χ4n) is 4.32. The summed E-state index contributed by atoms with van der Waals surface area (Å²) < 4.78 is 10.9. The van der Waals surface area contributed by atoms with E-state index in [0.29, 0.717) is 11.1 Å². The van der Waals surface area contributed by atoms with Crippen molar-refractivity contribution in [2.75, 3.05) is 59.0 Å². The lowest BCUT2D eigenvalue weighted by Crippen LogP contribution is -2.43. The van der Waals surface area contributed by atoms with Gasteiger partial charge in [-0.1, -0.05) is 0 Å². The number of ether oxygens (including phenoxy) is 1. The number of hydrogen-bond donors (Lipinski definition) is 0. The molecule has 1 aromatic rings. The Morgan fingerprint density at radius 1 is 1.04 bits per heavy atom. The Morgan fingerprint density at radius 2 is 1.84 bits per heavy atom. The van der Waals surface area contributed by atoms with Gasteiger partial charge in [-0.2, -0.15) is 0 Å². The van der Waals surface area contributed by atoms with Crippen LogP contribution < -0.4 is 0 Å².